The first-order valence-corrected chi connectivity index (χ1v) is 10.7. The normalized spacial score (nSPS) is 12.8. The zero-order valence-corrected chi connectivity index (χ0v) is 18.3. The van der Waals surface area contributed by atoms with Gasteiger partial charge in [-0.05, 0) is 67.3 Å². The second kappa shape index (κ2) is 10.1. The van der Waals surface area contributed by atoms with Crippen LogP contribution in [-0.4, -0.2) is 32.5 Å². The lowest BCUT2D eigenvalue weighted by molar-refractivity contribution is 0.0933. The summed E-state index contributed by atoms with van der Waals surface area (Å²) in [6.07, 6.45) is 1.31. The highest BCUT2D eigenvalue weighted by molar-refractivity contribution is 5.97. The van der Waals surface area contributed by atoms with Crippen LogP contribution in [0.2, 0.25) is 0 Å². The van der Waals surface area contributed by atoms with Crippen LogP contribution in [0.5, 0.6) is 23.0 Å². The third-order valence-electron chi connectivity index (χ3n) is 5.33. The second-order valence-corrected chi connectivity index (χ2v) is 7.54. The summed E-state index contributed by atoms with van der Waals surface area (Å²) < 4.78 is 21.8. The van der Waals surface area contributed by atoms with Gasteiger partial charge in [0.2, 0.25) is 6.79 Å². The molecule has 1 aliphatic heterocycles. The molecule has 0 fully saturated rings. The third kappa shape index (κ3) is 5.14. The van der Waals surface area contributed by atoms with E-state index in [4.69, 9.17) is 18.9 Å². The first-order valence-electron chi connectivity index (χ1n) is 10.7. The summed E-state index contributed by atoms with van der Waals surface area (Å²) in [5, 5.41) is 3.20. The Bertz CT molecular complexity index is 1060. The van der Waals surface area contributed by atoms with Crippen molar-refractivity contribution in [3.05, 3.63) is 83.4 Å². The van der Waals surface area contributed by atoms with E-state index in [1.807, 2.05) is 67.6 Å². The minimum absolute atomic E-state index is 0.133. The van der Waals surface area contributed by atoms with Crippen molar-refractivity contribution >= 4 is 5.91 Å². The van der Waals surface area contributed by atoms with Gasteiger partial charge in [0.15, 0.2) is 11.5 Å². The van der Waals surface area contributed by atoms with E-state index in [9.17, 15) is 4.79 Å². The highest BCUT2D eigenvalue weighted by Crippen LogP contribution is 2.33. The minimum atomic E-state index is -0.159. The number of carbonyl (C=O) groups is 1. The van der Waals surface area contributed by atoms with E-state index in [2.05, 4.69) is 5.32 Å². The van der Waals surface area contributed by atoms with Crippen LogP contribution in [0.25, 0.3) is 0 Å². The highest BCUT2D eigenvalue weighted by atomic mass is 16.7. The summed E-state index contributed by atoms with van der Waals surface area (Å²) in [6, 6.07) is 21.0. The molecule has 6 nitrogen and oxygen atoms in total. The molecule has 0 spiro atoms. The molecule has 1 unspecified atom stereocenters. The summed E-state index contributed by atoms with van der Waals surface area (Å²) in [5.74, 6) is 2.71. The number of para-hydroxylation sites is 1. The Morgan fingerprint density at radius 2 is 1.69 bits per heavy atom. The molecule has 6 heteroatoms. The Balaban J connectivity index is 1.55. The summed E-state index contributed by atoms with van der Waals surface area (Å²) in [5.41, 5.74) is 2.70. The van der Waals surface area contributed by atoms with E-state index >= 15 is 0 Å². The van der Waals surface area contributed by atoms with Crippen LogP contribution < -0.4 is 24.3 Å². The van der Waals surface area contributed by atoms with E-state index in [1.165, 1.54) is 0 Å². The number of fused-ring (bicyclic) bond motifs is 1. The largest absolute Gasteiger partial charge is 0.497 e. The van der Waals surface area contributed by atoms with Crippen LogP contribution in [0.1, 0.15) is 28.4 Å². The molecule has 0 aliphatic carbocycles. The summed E-state index contributed by atoms with van der Waals surface area (Å²) in [4.78, 5) is 13.2. The molecule has 1 aliphatic rings. The lowest BCUT2D eigenvalue weighted by Crippen LogP contribution is -2.38. The van der Waals surface area contributed by atoms with Gasteiger partial charge >= 0.3 is 0 Å². The van der Waals surface area contributed by atoms with E-state index in [0.717, 1.165) is 28.4 Å². The van der Waals surface area contributed by atoms with Crippen molar-refractivity contribution < 1.29 is 23.7 Å². The Kier molecular flexibility index (Phi) is 6.80. The molecule has 1 amide bonds. The van der Waals surface area contributed by atoms with Gasteiger partial charge in [-0.3, -0.25) is 4.79 Å². The van der Waals surface area contributed by atoms with Crippen molar-refractivity contribution in [1.29, 1.82) is 0 Å². The van der Waals surface area contributed by atoms with Gasteiger partial charge in [-0.25, -0.2) is 0 Å². The Morgan fingerprint density at radius 3 is 2.47 bits per heavy atom. The summed E-state index contributed by atoms with van der Waals surface area (Å²) in [6.45, 7) is 2.64. The number of rotatable bonds is 9. The number of carbonyl (C=O) groups excluding carboxylic acids is 1. The molecule has 0 saturated carbocycles. The molecule has 1 atom stereocenters. The lowest BCUT2D eigenvalue weighted by atomic mass is 9.98. The van der Waals surface area contributed by atoms with Crippen molar-refractivity contribution in [3.8, 4) is 23.0 Å². The van der Waals surface area contributed by atoms with Crippen LogP contribution in [0.4, 0.5) is 0 Å². The monoisotopic (exact) mass is 433 g/mol. The van der Waals surface area contributed by atoms with E-state index in [0.29, 0.717) is 30.8 Å². The topological polar surface area (TPSA) is 66.0 Å². The maximum Gasteiger partial charge on any atom is 0.255 e. The van der Waals surface area contributed by atoms with Gasteiger partial charge in [0.1, 0.15) is 11.5 Å². The smallest absolute Gasteiger partial charge is 0.255 e. The second-order valence-electron chi connectivity index (χ2n) is 7.54. The van der Waals surface area contributed by atoms with Crippen molar-refractivity contribution in [3.63, 3.8) is 0 Å². The van der Waals surface area contributed by atoms with Crippen LogP contribution in [0.15, 0.2) is 66.7 Å². The van der Waals surface area contributed by atoms with Gasteiger partial charge in [-0.2, -0.15) is 0 Å². The van der Waals surface area contributed by atoms with Crippen LogP contribution in [-0.2, 0) is 12.8 Å². The molecule has 3 aromatic carbocycles. The Labute approximate surface area is 188 Å². The fourth-order valence-electron chi connectivity index (χ4n) is 3.77. The summed E-state index contributed by atoms with van der Waals surface area (Å²) in [7, 11) is 1.65. The number of hydrogen-bond acceptors (Lipinski definition) is 5. The molecule has 3 aromatic rings. The van der Waals surface area contributed by atoms with Crippen molar-refractivity contribution in [2.75, 3.05) is 20.5 Å². The zero-order valence-electron chi connectivity index (χ0n) is 18.3. The van der Waals surface area contributed by atoms with Gasteiger partial charge in [0.25, 0.3) is 5.91 Å². The molecule has 0 saturated heterocycles. The quantitative estimate of drug-likeness (QED) is 0.542. The SMILES string of the molecule is CCOc1ccccc1C(=O)NC(Cc1ccc(OC)cc1)Cc1ccc2c(c1)OCO2. The van der Waals surface area contributed by atoms with Crippen LogP contribution in [0.3, 0.4) is 0 Å². The standard InChI is InChI=1S/C26H27NO5/c1-3-30-23-7-5-4-6-22(23)26(28)27-20(14-18-8-11-21(29-2)12-9-18)15-19-10-13-24-25(16-19)32-17-31-24/h4-13,16,20H,3,14-15,17H2,1-2H3,(H,27,28). The molecule has 1 N–H and O–H groups in total. The van der Waals surface area contributed by atoms with Gasteiger partial charge in [-0.1, -0.05) is 30.3 Å². The summed E-state index contributed by atoms with van der Waals surface area (Å²) >= 11 is 0. The maximum absolute atomic E-state index is 13.2. The van der Waals surface area contributed by atoms with Crippen molar-refractivity contribution in [2.45, 2.75) is 25.8 Å². The van der Waals surface area contributed by atoms with Gasteiger partial charge in [0.05, 0.1) is 19.3 Å². The van der Waals surface area contributed by atoms with Crippen molar-refractivity contribution in [2.24, 2.45) is 0 Å². The minimum Gasteiger partial charge on any atom is -0.497 e. The van der Waals surface area contributed by atoms with E-state index < -0.39 is 0 Å². The molecule has 4 rings (SSSR count). The molecule has 1 heterocycles. The first-order chi connectivity index (χ1) is 15.7. The average Bonchev–Trinajstić information content (AvgIpc) is 3.28. The molecule has 0 aromatic heterocycles. The zero-order chi connectivity index (χ0) is 22.3. The molecular weight excluding hydrogens is 406 g/mol. The maximum atomic E-state index is 13.2. The third-order valence-corrected chi connectivity index (χ3v) is 5.33. The molecule has 166 valence electrons. The lowest BCUT2D eigenvalue weighted by Gasteiger charge is -2.20. The average molecular weight is 434 g/mol. The Hall–Kier alpha value is -3.67. The van der Waals surface area contributed by atoms with Gasteiger partial charge < -0.3 is 24.3 Å². The number of nitrogens with one attached hydrogen (secondary N) is 1. The Morgan fingerprint density at radius 1 is 0.969 bits per heavy atom. The van der Waals surface area contributed by atoms with Gasteiger partial charge in [0, 0.05) is 6.04 Å². The highest BCUT2D eigenvalue weighted by Gasteiger charge is 2.20. The number of hydrogen-bond donors (Lipinski definition) is 1. The fraction of sp³-hybridized carbons (Fsp3) is 0.269. The molecule has 0 radical (unpaired) electrons. The van der Waals surface area contributed by atoms with E-state index in [-0.39, 0.29) is 18.7 Å². The predicted octanol–water partition coefficient (Wildman–Crippen LogP) is 4.41. The molecular formula is C26H27NO5. The fourth-order valence-corrected chi connectivity index (χ4v) is 3.77. The van der Waals surface area contributed by atoms with Gasteiger partial charge in [-0.15, -0.1) is 0 Å². The van der Waals surface area contributed by atoms with E-state index in [1.54, 1.807) is 13.2 Å². The first kappa shape index (κ1) is 21.6. The molecule has 0 bridgehead atoms. The van der Waals surface area contributed by atoms with Crippen LogP contribution >= 0.6 is 0 Å². The molecule has 32 heavy (non-hydrogen) atoms. The number of benzene rings is 3. The number of methoxy groups -OCH3 is 1. The number of amides is 1. The van der Waals surface area contributed by atoms with Crippen LogP contribution in [0, 0.1) is 0 Å². The van der Waals surface area contributed by atoms with Crippen molar-refractivity contribution in [1.82, 2.24) is 5.32 Å². The predicted molar refractivity (Wildman–Crippen MR) is 122 cm³/mol. The number of ether oxygens (including phenoxy) is 4.